The van der Waals surface area contributed by atoms with Gasteiger partial charge in [-0.2, -0.15) is 0 Å². The molecule has 0 N–H and O–H groups in total. The van der Waals surface area contributed by atoms with Crippen LogP contribution in [0.3, 0.4) is 0 Å². The molecule has 0 nitrogen and oxygen atoms in total. The highest BCUT2D eigenvalue weighted by molar-refractivity contribution is 9.26. The van der Waals surface area contributed by atoms with E-state index >= 15 is 0 Å². The zero-order valence-corrected chi connectivity index (χ0v) is 21.8. The van der Waals surface area contributed by atoms with E-state index in [1.165, 1.54) is 24.3 Å². The lowest BCUT2D eigenvalue weighted by molar-refractivity contribution is 1.10. The molecule has 0 aliphatic heterocycles. The zero-order valence-electron chi connectivity index (χ0n) is 14.1. The van der Waals surface area contributed by atoms with Crippen molar-refractivity contribution < 1.29 is 0 Å². The van der Waals surface area contributed by atoms with Gasteiger partial charge in [-0.1, -0.05) is 33.7 Å². The molecule has 0 saturated heterocycles. The molecule has 0 unspecified atom stereocenters. The lowest BCUT2D eigenvalue weighted by atomic mass is 10.6. The average molecular weight is 427 g/mol. The largest absolute Gasteiger partial charge is 0.267 e. The van der Waals surface area contributed by atoms with Crippen molar-refractivity contribution in [1.29, 1.82) is 0 Å². The van der Waals surface area contributed by atoms with Crippen molar-refractivity contribution in [3.05, 3.63) is 0 Å². The predicted octanol–water partition coefficient (Wildman–Crippen LogP) is 4.84. The number of hydrogen-bond acceptors (Lipinski definition) is 4. The van der Waals surface area contributed by atoms with Crippen molar-refractivity contribution in [2.75, 3.05) is 49.0 Å². The van der Waals surface area contributed by atoms with Gasteiger partial charge in [-0.15, -0.1) is 0 Å². The summed E-state index contributed by atoms with van der Waals surface area (Å²) >= 11 is 0. The van der Waals surface area contributed by atoms with Crippen molar-refractivity contribution in [2.45, 2.75) is 24.9 Å². The average Bonchev–Trinajstić information content (AvgIpc) is 2.27. The Morgan fingerprint density at radius 1 is 0.650 bits per heavy atom. The topological polar surface area (TPSA) is 0 Å². The molecule has 0 aromatic carbocycles. The van der Waals surface area contributed by atoms with E-state index < -0.39 is 0 Å². The summed E-state index contributed by atoms with van der Waals surface area (Å²) in [4.78, 5) is 0. The van der Waals surface area contributed by atoms with Crippen LogP contribution < -0.4 is 0 Å². The Morgan fingerprint density at radius 2 is 1.00 bits per heavy atom. The first-order valence-corrected chi connectivity index (χ1v) is 23.8. The van der Waals surface area contributed by atoms with E-state index in [4.69, 9.17) is 0 Å². The third-order valence-electron chi connectivity index (χ3n) is 2.59. The standard InChI is InChI=1S/C12H34S6Si2/c1-17(2,3)19-11-7-9-13-15-16-14-10-8-12-20-18(4,5)6/h7-12,19-20H2,1-6H3. The van der Waals surface area contributed by atoms with Gasteiger partial charge in [0, 0.05) is 11.5 Å². The maximum absolute atomic E-state index is 2.48. The predicted molar refractivity (Wildman–Crippen MR) is 127 cm³/mol. The SMILES string of the molecule is CS(C)(C)[SiH2]CCCSSSSCCC[SiH2]S(C)(C)C. The number of hydrogen-bond donors (Lipinski definition) is 0. The second-order valence-electron chi connectivity index (χ2n) is 6.78. The molecule has 0 spiro atoms. The smallest absolute Gasteiger partial charge is 0.0646 e. The molecular formula is C12H34S6Si2. The van der Waals surface area contributed by atoms with Crippen molar-refractivity contribution in [1.82, 2.24) is 0 Å². The lowest BCUT2D eigenvalue weighted by Crippen LogP contribution is -2.02. The van der Waals surface area contributed by atoms with Gasteiger partial charge in [-0.25, -0.2) is 0 Å². The fraction of sp³-hybridized carbons (Fsp3) is 1.00. The fourth-order valence-electron chi connectivity index (χ4n) is 1.50. The Bertz CT molecular complexity index is 203. The van der Waals surface area contributed by atoms with E-state index in [2.05, 4.69) is 59.1 Å². The summed E-state index contributed by atoms with van der Waals surface area (Å²) in [5, 5.41) is 0. The van der Waals surface area contributed by atoms with Crippen LogP contribution in [-0.2, 0) is 0 Å². The van der Waals surface area contributed by atoms with Gasteiger partial charge < -0.3 is 0 Å². The summed E-state index contributed by atoms with van der Waals surface area (Å²) < 4.78 is 0. The van der Waals surface area contributed by atoms with Crippen LogP contribution in [0.4, 0.5) is 0 Å². The molecule has 0 rings (SSSR count). The van der Waals surface area contributed by atoms with Gasteiger partial charge in [0.05, 0.1) is 17.3 Å². The summed E-state index contributed by atoms with van der Waals surface area (Å²) in [5.74, 6) is 2.72. The van der Waals surface area contributed by atoms with Crippen molar-refractivity contribution in [3.8, 4) is 0 Å². The Balaban J connectivity index is 3.10. The van der Waals surface area contributed by atoms with Gasteiger partial charge in [0.25, 0.3) is 0 Å². The van der Waals surface area contributed by atoms with Gasteiger partial charge in [0.2, 0.25) is 0 Å². The molecule has 0 aromatic heterocycles. The minimum absolute atomic E-state index is 0.127. The molecule has 126 valence electrons. The highest BCUT2D eigenvalue weighted by Gasteiger charge is 2.05. The first-order valence-electron chi connectivity index (χ1n) is 7.10. The van der Waals surface area contributed by atoms with Gasteiger partial charge in [-0.3, -0.25) is 19.0 Å². The molecule has 0 aliphatic rings. The second kappa shape index (κ2) is 12.9. The maximum Gasteiger partial charge on any atom is 0.0646 e. The van der Waals surface area contributed by atoms with E-state index in [1.54, 1.807) is 12.1 Å². The van der Waals surface area contributed by atoms with Crippen LogP contribution in [0.5, 0.6) is 0 Å². The van der Waals surface area contributed by atoms with Gasteiger partial charge in [-0.05, 0) is 70.0 Å². The van der Waals surface area contributed by atoms with Crippen LogP contribution >= 0.6 is 60.2 Å². The fourth-order valence-corrected chi connectivity index (χ4v) is 17.5. The molecule has 8 heteroatoms. The first-order chi connectivity index (χ1) is 9.21. The van der Waals surface area contributed by atoms with Crippen LogP contribution in [0.15, 0.2) is 0 Å². The highest BCUT2D eigenvalue weighted by atomic mass is 33.7. The summed E-state index contributed by atoms with van der Waals surface area (Å²) in [7, 11) is 8.39. The van der Waals surface area contributed by atoms with Crippen LogP contribution in [0, 0.1) is 0 Å². The van der Waals surface area contributed by atoms with Crippen LogP contribution in [0.1, 0.15) is 12.8 Å². The van der Waals surface area contributed by atoms with Crippen molar-refractivity contribution in [2.24, 2.45) is 0 Å². The van der Waals surface area contributed by atoms with Crippen LogP contribution in [0.25, 0.3) is 0 Å². The Kier molecular flexibility index (Phi) is 14.5. The first kappa shape index (κ1) is 22.5. The molecule has 0 aromatic rings. The van der Waals surface area contributed by atoms with Crippen LogP contribution in [0.2, 0.25) is 12.1 Å². The molecular weight excluding hydrogens is 393 g/mol. The molecule has 0 amide bonds. The Labute approximate surface area is 150 Å². The van der Waals surface area contributed by atoms with Gasteiger partial charge in [0.1, 0.15) is 0 Å². The third-order valence-corrected chi connectivity index (χ3v) is 22.3. The molecule has 0 fully saturated rings. The summed E-state index contributed by atoms with van der Waals surface area (Å²) in [6.07, 6.45) is 17.8. The van der Waals surface area contributed by atoms with E-state index in [9.17, 15) is 0 Å². The van der Waals surface area contributed by atoms with Gasteiger partial charge in [0.15, 0.2) is 0 Å². The van der Waals surface area contributed by atoms with E-state index in [0.717, 1.165) is 0 Å². The summed E-state index contributed by atoms with van der Waals surface area (Å²) in [5.41, 5.74) is 0. The summed E-state index contributed by atoms with van der Waals surface area (Å²) in [6, 6.07) is 3.12. The molecule has 0 aliphatic carbocycles. The second-order valence-corrected chi connectivity index (χ2v) is 36.5. The molecule has 0 radical (unpaired) electrons. The highest BCUT2D eigenvalue weighted by Crippen LogP contribution is 2.44. The van der Waals surface area contributed by atoms with Crippen molar-refractivity contribution in [3.63, 3.8) is 0 Å². The Morgan fingerprint density at radius 3 is 1.30 bits per heavy atom. The molecule has 20 heavy (non-hydrogen) atoms. The van der Waals surface area contributed by atoms with E-state index in [-0.39, 0.29) is 36.3 Å². The number of rotatable bonds is 13. The summed E-state index contributed by atoms with van der Waals surface area (Å²) in [6.45, 7) is 0. The van der Waals surface area contributed by atoms with E-state index in [0.29, 0.717) is 0 Å². The molecule has 0 atom stereocenters. The van der Waals surface area contributed by atoms with Gasteiger partial charge >= 0.3 is 0 Å². The minimum atomic E-state index is -0.127. The molecule has 0 saturated carbocycles. The minimum Gasteiger partial charge on any atom is -0.267 e. The van der Waals surface area contributed by atoms with Crippen molar-refractivity contribution >= 4 is 77.5 Å². The Hall–Kier alpha value is 2.53. The third kappa shape index (κ3) is 20.5. The lowest BCUT2D eigenvalue weighted by Gasteiger charge is -2.24. The van der Waals surface area contributed by atoms with E-state index in [1.807, 2.05) is 19.7 Å². The zero-order chi connectivity index (χ0) is 15.5. The maximum atomic E-state index is 2.48. The molecule has 0 heterocycles. The molecule has 0 bridgehead atoms. The quantitative estimate of drug-likeness (QED) is 0.235. The monoisotopic (exact) mass is 426 g/mol. The normalized spacial score (nSPS) is 15.7. The van der Waals surface area contributed by atoms with Crippen LogP contribution in [-0.4, -0.2) is 66.4 Å².